The smallest absolute Gasteiger partial charge is 0.393 e. The van der Waals surface area contributed by atoms with Crippen molar-refractivity contribution in [2.75, 3.05) is 38.6 Å². The number of carbonyl (C=O) groups is 1. The van der Waals surface area contributed by atoms with Crippen LogP contribution in [-0.2, 0) is 10.2 Å². The Labute approximate surface area is 220 Å². The van der Waals surface area contributed by atoms with Gasteiger partial charge in [-0.1, -0.05) is 24.3 Å². The number of nitrogens with one attached hydrogen (secondary N) is 1. The number of nitrogens with two attached hydrogens (primary N) is 1. The van der Waals surface area contributed by atoms with Crippen LogP contribution < -0.4 is 11.1 Å². The third kappa shape index (κ3) is 5.82. The predicted octanol–water partition coefficient (Wildman–Crippen LogP) is 3.91. The molecule has 3 aliphatic rings. The monoisotopic (exact) mass is 532 g/mol. The quantitative estimate of drug-likeness (QED) is 0.446. The third-order valence-electron chi connectivity index (χ3n) is 8.51. The molecule has 0 bridgehead atoms. The fraction of sp³-hybridized carbons (Fsp3) is 0.571. The van der Waals surface area contributed by atoms with Crippen molar-refractivity contribution < 1.29 is 27.8 Å². The number of fused-ring (bicyclic) bond motifs is 1. The van der Waals surface area contributed by atoms with E-state index in [-0.39, 0.29) is 35.9 Å². The van der Waals surface area contributed by atoms with Crippen LogP contribution in [0.25, 0.3) is 11.1 Å². The molecule has 2 saturated carbocycles. The lowest BCUT2D eigenvalue weighted by molar-refractivity contribution is -0.174. The molecule has 0 radical (unpaired) electrons. The van der Waals surface area contributed by atoms with E-state index in [2.05, 4.69) is 27.3 Å². The minimum Gasteiger partial charge on any atom is -0.393 e. The Morgan fingerprint density at radius 1 is 1.16 bits per heavy atom. The van der Waals surface area contributed by atoms with Crippen molar-refractivity contribution in [3.8, 4) is 11.1 Å². The summed E-state index contributed by atoms with van der Waals surface area (Å²) in [6, 6.07) is 10.1. The minimum atomic E-state index is -4.29. The fourth-order valence-corrected chi connectivity index (χ4v) is 6.26. The fourth-order valence-electron chi connectivity index (χ4n) is 6.26. The number of alkyl halides is 3. The number of ether oxygens (including phenoxy) is 1. The predicted molar refractivity (Wildman–Crippen MR) is 138 cm³/mol. The summed E-state index contributed by atoms with van der Waals surface area (Å²) in [5, 5.41) is 12.7. The normalized spacial score (nSPS) is 27.5. The number of nitrogens with zero attached hydrogens (tertiary/aromatic N) is 2. The topological polar surface area (TPSA) is 101 Å². The van der Waals surface area contributed by atoms with Gasteiger partial charge in [-0.3, -0.25) is 9.69 Å². The lowest BCUT2D eigenvalue weighted by atomic mass is 9.58. The first-order chi connectivity index (χ1) is 18.1. The highest BCUT2D eigenvalue weighted by atomic mass is 19.4. The molecule has 1 aromatic carbocycles. The molecule has 5 rings (SSSR count). The largest absolute Gasteiger partial charge is 0.411 e. The van der Waals surface area contributed by atoms with Crippen molar-refractivity contribution in [3.05, 3.63) is 47.7 Å². The Morgan fingerprint density at radius 3 is 2.55 bits per heavy atom. The molecule has 38 heavy (non-hydrogen) atoms. The Bertz CT molecular complexity index is 1140. The lowest BCUT2D eigenvalue weighted by Gasteiger charge is -2.45. The molecule has 4 N–H and O–H groups in total. The molecule has 10 heteroatoms. The first-order valence-corrected chi connectivity index (χ1v) is 13.4. The van der Waals surface area contributed by atoms with Gasteiger partial charge in [0, 0.05) is 42.9 Å². The zero-order chi connectivity index (χ0) is 26.9. The maximum Gasteiger partial charge on any atom is 0.411 e. The van der Waals surface area contributed by atoms with E-state index in [1.165, 1.54) is 5.56 Å². The standard InChI is InChI=1S/C28H35F3N4O3/c29-28(30,31)17-38-12-11-35-15-21-9-10-27(21,16-35)20-3-1-18(2-4-20)19-13-24(25(32)33-14-19)26(37)34-22-5-7-23(36)8-6-22/h1-4,13-14,21-23,36H,5-12,15-17H2,(H2,32,33)(H,34,37)/t21-,22?,23?,27+/m1/s1. The SMILES string of the molecule is Nc1ncc(-c2ccc([C@@]34CC[C@@H]3CN(CCOCC(F)(F)F)C4)cc2)cc1C(=O)NC1CCC(O)CC1. The Hall–Kier alpha value is -2.69. The average Bonchev–Trinajstić information content (AvgIpc) is 3.13. The van der Waals surface area contributed by atoms with E-state index in [0.29, 0.717) is 30.9 Å². The van der Waals surface area contributed by atoms with Gasteiger partial charge < -0.3 is 20.9 Å². The molecule has 3 fully saturated rings. The summed E-state index contributed by atoms with van der Waals surface area (Å²) in [5.74, 6) is 0.418. The molecular weight excluding hydrogens is 497 g/mol. The molecule has 0 spiro atoms. The minimum absolute atomic E-state index is 0.0186. The second-order valence-corrected chi connectivity index (χ2v) is 11.0. The van der Waals surface area contributed by atoms with E-state index >= 15 is 0 Å². The van der Waals surface area contributed by atoms with Crippen molar-refractivity contribution in [1.29, 1.82) is 0 Å². The molecule has 1 aromatic heterocycles. The van der Waals surface area contributed by atoms with E-state index in [4.69, 9.17) is 10.5 Å². The molecule has 1 saturated heterocycles. The number of nitrogen functional groups attached to an aromatic ring is 1. The van der Waals surface area contributed by atoms with Crippen molar-refractivity contribution in [3.63, 3.8) is 0 Å². The summed E-state index contributed by atoms with van der Waals surface area (Å²) < 4.78 is 41.8. The maximum atomic E-state index is 12.9. The van der Waals surface area contributed by atoms with Crippen LogP contribution in [0.3, 0.4) is 0 Å². The zero-order valence-corrected chi connectivity index (χ0v) is 21.3. The molecule has 2 heterocycles. The second-order valence-electron chi connectivity index (χ2n) is 11.0. The summed E-state index contributed by atoms with van der Waals surface area (Å²) in [7, 11) is 0. The molecular formula is C28H35F3N4O3. The van der Waals surface area contributed by atoms with Gasteiger partial charge in [-0.2, -0.15) is 13.2 Å². The molecule has 1 amide bonds. The molecule has 2 aliphatic carbocycles. The highest BCUT2D eigenvalue weighted by molar-refractivity contribution is 5.99. The Balaban J connectivity index is 1.23. The number of aliphatic hydroxyl groups is 1. The van der Waals surface area contributed by atoms with Crippen molar-refractivity contribution in [2.45, 2.75) is 62.3 Å². The Morgan fingerprint density at radius 2 is 1.89 bits per heavy atom. The van der Waals surface area contributed by atoms with Gasteiger partial charge in [0.1, 0.15) is 12.4 Å². The number of likely N-dealkylation sites (tertiary alicyclic amines) is 1. The highest BCUT2D eigenvalue weighted by Crippen LogP contribution is 2.53. The van der Waals surface area contributed by atoms with Crippen LogP contribution in [0.1, 0.15) is 54.4 Å². The number of hydrogen-bond donors (Lipinski definition) is 3. The zero-order valence-electron chi connectivity index (χ0n) is 21.3. The summed E-state index contributed by atoms with van der Waals surface area (Å²) in [4.78, 5) is 19.4. The third-order valence-corrected chi connectivity index (χ3v) is 8.51. The van der Waals surface area contributed by atoms with Gasteiger partial charge in [-0.25, -0.2) is 4.98 Å². The number of amides is 1. The number of rotatable bonds is 8. The number of benzene rings is 1. The van der Waals surface area contributed by atoms with E-state index in [9.17, 15) is 23.1 Å². The van der Waals surface area contributed by atoms with Gasteiger partial charge in [0.2, 0.25) is 0 Å². The Kier molecular flexibility index (Phi) is 7.66. The van der Waals surface area contributed by atoms with E-state index in [1.807, 2.05) is 12.1 Å². The van der Waals surface area contributed by atoms with Gasteiger partial charge in [0.25, 0.3) is 5.91 Å². The maximum absolute atomic E-state index is 12.9. The van der Waals surface area contributed by atoms with E-state index in [1.54, 1.807) is 12.3 Å². The van der Waals surface area contributed by atoms with Crippen LogP contribution in [0, 0.1) is 5.92 Å². The van der Waals surface area contributed by atoms with Crippen LogP contribution >= 0.6 is 0 Å². The first-order valence-electron chi connectivity index (χ1n) is 13.4. The molecule has 7 nitrogen and oxygen atoms in total. The molecule has 2 aromatic rings. The lowest BCUT2D eigenvalue weighted by Crippen LogP contribution is -2.43. The van der Waals surface area contributed by atoms with Crippen LogP contribution in [-0.4, -0.2) is 72.1 Å². The van der Waals surface area contributed by atoms with Gasteiger partial charge in [0.15, 0.2) is 0 Å². The van der Waals surface area contributed by atoms with Crippen molar-refractivity contribution in [2.24, 2.45) is 5.92 Å². The molecule has 1 aliphatic heterocycles. The van der Waals surface area contributed by atoms with Crippen LogP contribution in [0.4, 0.5) is 19.0 Å². The van der Waals surface area contributed by atoms with Crippen LogP contribution in [0.5, 0.6) is 0 Å². The highest BCUT2D eigenvalue weighted by Gasteiger charge is 2.53. The number of aliphatic hydroxyl groups excluding tert-OH is 1. The van der Waals surface area contributed by atoms with Gasteiger partial charge in [-0.15, -0.1) is 0 Å². The number of pyridine rings is 1. The van der Waals surface area contributed by atoms with Gasteiger partial charge in [0.05, 0.1) is 18.3 Å². The summed E-state index contributed by atoms with van der Waals surface area (Å²) in [5.41, 5.74) is 9.37. The number of aromatic nitrogens is 1. The molecule has 0 unspecified atom stereocenters. The van der Waals surface area contributed by atoms with Crippen molar-refractivity contribution in [1.82, 2.24) is 15.2 Å². The number of halogens is 3. The number of carbonyl (C=O) groups excluding carboxylic acids is 1. The number of hydrogen-bond acceptors (Lipinski definition) is 6. The van der Waals surface area contributed by atoms with Gasteiger partial charge >= 0.3 is 6.18 Å². The number of anilines is 1. The summed E-state index contributed by atoms with van der Waals surface area (Å²) >= 11 is 0. The summed E-state index contributed by atoms with van der Waals surface area (Å²) in [6.07, 6.45) is 2.09. The average molecular weight is 533 g/mol. The summed E-state index contributed by atoms with van der Waals surface area (Å²) in [6.45, 7) is 1.06. The van der Waals surface area contributed by atoms with Crippen molar-refractivity contribution >= 4 is 11.7 Å². The molecule has 2 atom stereocenters. The first kappa shape index (κ1) is 26.9. The van der Waals surface area contributed by atoms with Gasteiger partial charge in [-0.05, 0) is 61.6 Å². The van der Waals surface area contributed by atoms with Crippen LogP contribution in [0.15, 0.2) is 36.5 Å². The van der Waals surface area contributed by atoms with E-state index in [0.717, 1.165) is 49.9 Å². The molecule has 206 valence electrons. The van der Waals surface area contributed by atoms with E-state index < -0.39 is 12.8 Å². The second kappa shape index (κ2) is 10.8. The van der Waals surface area contributed by atoms with Crippen LogP contribution in [0.2, 0.25) is 0 Å².